The Hall–Kier alpha value is -2.23. The number of nitrogens with one attached hydrogen (secondary N) is 1. The molecule has 1 N–H and O–H groups in total. The Morgan fingerprint density at radius 3 is 2.44 bits per heavy atom. The number of ketones is 2. The van der Waals surface area contributed by atoms with Gasteiger partial charge in [-0.05, 0) is 6.07 Å². The SMILES string of the molecule is CCc1[nH]c2c([n+]1C)-c1ccccc1C(=O)C2=O. The summed E-state index contributed by atoms with van der Waals surface area (Å²) in [6.45, 7) is 2.01. The zero-order valence-corrected chi connectivity index (χ0v) is 10.3. The van der Waals surface area contributed by atoms with Crippen molar-refractivity contribution in [3.63, 3.8) is 0 Å². The average molecular weight is 241 g/mol. The number of rotatable bonds is 1. The van der Waals surface area contributed by atoms with Crippen molar-refractivity contribution in [3.05, 3.63) is 41.3 Å². The third kappa shape index (κ3) is 1.23. The van der Waals surface area contributed by atoms with Crippen molar-refractivity contribution >= 4 is 11.6 Å². The summed E-state index contributed by atoms with van der Waals surface area (Å²) in [5.41, 5.74) is 2.55. The van der Waals surface area contributed by atoms with Gasteiger partial charge in [0.25, 0.3) is 11.6 Å². The lowest BCUT2D eigenvalue weighted by Gasteiger charge is -2.10. The maximum Gasteiger partial charge on any atom is 0.277 e. The van der Waals surface area contributed by atoms with Crippen LogP contribution in [0.1, 0.15) is 33.6 Å². The maximum atomic E-state index is 12.1. The Morgan fingerprint density at radius 2 is 1.78 bits per heavy atom. The van der Waals surface area contributed by atoms with Gasteiger partial charge in [-0.25, -0.2) is 9.55 Å². The summed E-state index contributed by atoms with van der Waals surface area (Å²) in [4.78, 5) is 27.1. The van der Waals surface area contributed by atoms with Crippen molar-refractivity contribution < 1.29 is 14.2 Å². The molecule has 0 bridgehead atoms. The van der Waals surface area contributed by atoms with Crippen LogP contribution in [0, 0.1) is 0 Å². The molecule has 90 valence electrons. The summed E-state index contributed by atoms with van der Waals surface area (Å²) < 4.78 is 1.96. The van der Waals surface area contributed by atoms with Crippen molar-refractivity contribution in [2.75, 3.05) is 0 Å². The zero-order chi connectivity index (χ0) is 12.9. The smallest absolute Gasteiger partial charge is 0.277 e. The molecule has 1 heterocycles. The first-order valence-corrected chi connectivity index (χ1v) is 5.94. The number of Topliss-reactive ketones (excluding diaryl/α,β-unsaturated/α-hetero) is 2. The Morgan fingerprint density at radius 1 is 1.11 bits per heavy atom. The number of hydrogen-bond acceptors (Lipinski definition) is 2. The lowest BCUT2D eigenvalue weighted by molar-refractivity contribution is -0.667. The molecule has 0 fully saturated rings. The van der Waals surface area contributed by atoms with E-state index in [0.717, 1.165) is 23.5 Å². The quantitative estimate of drug-likeness (QED) is 0.607. The van der Waals surface area contributed by atoms with Crippen LogP contribution in [0.5, 0.6) is 0 Å². The van der Waals surface area contributed by atoms with Crippen LogP contribution < -0.4 is 4.57 Å². The van der Waals surface area contributed by atoms with Gasteiger partial charge in [0, 0.05) is 17.5 Å². The molecule has 0 unspecified atom stereocenters. The number of hydrogen-bond donors (Lipinski definition) is 1. The van der Waals surface area contributed by atoms with Gasteiger partial charge in [-0.2, -0.15) is 0 Å². The second-order valence-electron chi connectivity index (χ2n) is 4.41. The van der Waals surface area contributed by atoms with Crippen LogP contribution in [-0.2, 0) is 13.5 Å². The standard InChI is InChI=1S/C14H12N2O2/c1-3-10-15-11-12(16(10)2)8-6-4-5-7-9(8)13(17)14(11)18/h4-7H,3H2,1-2H3/p+1. The molecule has 0 amide bonds. The molecular weight excluding hydrogens is 228 g/mol. The van der Waals surface area contributed by atoms with E-state index in [9.17, 15) is 9.59 Å². The molecule has 0 atom stereocenters. The number of aryl methyl sites for hydroxylation is 1. The molecule has 4 nitrogen and oxygen atoms in total. The maximum absolute atomic E-state index is 12.1. The summed E-state index contributed by atoms with van der Waals surface area (Å²) in [5.74, 6) is 0.0689. The lowest BCUT2D eigenvalue weighted by Crippen LogP contribution is -2.35. The summed E-state index contributed by atoms with van der Waals surface area (Å²) >= 11 is 0. The Labute approximate surface area is 104 Å². The third-order valence-corrected chi connectivity index (χ3v) is 3.44. The van der Waals surface area contributed by atoms with Gasteiger partial charge in [-0.1, -0.05) is 25.1 Å². The van der Waals surface area contributed by atoms with Crippen LogP contribution in [0.2, 0.25) is 0 Å². The highest BCUT2D eigenvalue weighted by Gasteiger charge is 2.38. The Bertz CT molecular complexity index is 683. The topological polar surface area (TPSA) is 53.8 Å². The van der Waals surface area contributed by atoms with Gasteiger partial charge in [-0.15, -0.1) is 0 Å². The van der Waals surface area contributed by atoms with Crippen LogP contribution in [0.25, 0.3) is 11.3 Å². The number of aromatic amines is 1. The minimum absolute atomic E-state index is 0.415. The van der Waals surface area contributed by atoms with E-state index in [1.54, 1.807) is 12.1 Å². The molecule has 0 radical (unpaired) electrons. The van der Waals surface area contributed by atoms with Crippen LogP contribution in [0.3, 0.4) is 0 Å². The summed E-state index contributed by atoms with van der Waals surface area (Å²) in [6.07, 6.45) is 0.785. The minimum atomic E-state index is -0.445. The number of fused-ring (bicyclic) bond motifs is 3. The van der Waals surface area contributed by atoms with E-state index < -0.39 is 11.6 Å². The second-order valence-corrected chi connectivity index (χ2v) is 4.41. The molecule has 1 aliphatic carbocycles. The predicted octanol–water partition coefficient (Wildman–Crippen LogP) is 1.45. The summed E-state index contributed by atoms with van der Waals surface area (Å²) in [5, 5.41) is 0. The normalized spacial score (nSPS) is 13.4. The van der Waals surface area contributed by atoms with E-state index in [1.165, 1.54) is 0 Å². The molecule has 2 aromatic rings. The van der Waals surface area contributed by atoms with Gasteiger partial charge in [0.15, 0.2) is 5.69 Å². The van der Waals surface area contributed by atoms with Gasteiger partial charge in [0.2, 0.25) is 11.5 Å². The highest BCUT2D eigenvalue weighted by molar-refractivity contribution is 6.52. The largest absolute Gasteiger partial charge is 0.285 e. The molecule has 3 rings (SSSR count). The van der Waals surface area contributed by atoms with Gasteiger partial charge in [0.05, 0.1) is 7.05 Å². The minimum Gasteiger partial charge on any atom is -0.285 e. The zero-order valence-electron chi connectivity index (χ0n) is 10.3. The van der Waals surface area contributed by atoms with Crippen LogP contribution in [0.15, 0.2) is 24.3 Å². The highest BCUT2D eigenvalue weighted by atomic mass is 16.2. The average Bonchev–Trinajstić information content (AvgIpc) is 2.73. The number of benzene rings is 1. The van der Waals surface area contributed by atoms with Crippen LogP contribution in [-0.4, -0.2) is 16.6 Å². The summed E-state index contributed by atoms with van der Waals surface area (Å²) in [7, 11) is 1.91. The van der Waals surface area contributed by atoms with E-state index in [1.807, 2.05) is 30.7 Å². The second kappa shape index (κ2) is 3.63. The van der Waals surface area contributed by atoms with Crippen molar-refractivity contribution in [1.29, 1.82) is 0 Å². The predicted molar refractivity (Wildman–Crippen MR) is 65.4 cm³/mol. The van der Waals surface area contributed by atoms with Crippen molar-refractivity contribution in [1.82, 2.24) is 4.98 Å². The molecular formula is C14H13N2O2+. The van der Waals surface area contributed by atoms with Gasteiger partial charge < -0.3 is 0 Å². The number of H-pyrrole nitrogens is 1. The van der Waals surface area contributed by atoms with E-state index in [-0.39, 0.29) is 0 Å². The monoisotopic (exact) mass is 241 g/mol. The molecule has 1 aromatic carbocycles. The lowest BCUT2D eigenvalue weighted by atomic mass is 9.90. The fourth-order valence-electron chi connectivity index (χ4n) is 2.52. The first-order chi connectivity index (χ1) is 8.65. The van der Waals surface area contributed by atoms with E-state index in [2.05, 4.69) is 4.98 Å². The van der Waals surface area contributed by atoms with E-state index >= 15 is 0 Å². The third-order valence-electron chi connectivity index (χ3n) is 3.44. The number of nitrogens with zero attached hydrogens (tertiary/aromatic N) is 1. The van der Waals surface area contributed by atoms with E-state index in [0.29, 0.717) is 11.3 Å². The van der Waals surface area contributed by atoms with Crippen molar-refractivity contribution in [2.24, 2.45) is 7.05 Å². The molecule has 1 aliphatic rings. The summed E-state index contributed by atoms with van der Waals surface area (Å²) in [6, 6.07) is 7.25. The molecule has 4 heteroatoms. The van der Waals surface area contributed by atoms with Gasteiger partial charge in [-0.3, -0.25) is 9.59 Å². The Balaban J connectivity index is 2.40. The first kappa shape index (κ1) is 10.9. The van der Waals surface area contributed by atoms with Gasteiger partial charge in [0.1, 0.15) is 0 Å². The van der Waals surface area contributed by atoms with E-state index in [4.69, 9.17) is 0 Å². The first-order valence-electron chi connectivity index (χ1n) is 5.94. The van der Waals surface area contributed by atoms with Crippen molar-refractivity contribution in [2.45, 2.75) is 13.3 Å². The van der Waals surface area contributed by atoms with Crippen molar-refractivity contribution in [3.8, 4) is 11.3 Å². The molecule has 0 saturated heterocycles. The van der Waals surface area contributed by atoms with Crippen LogP contribution in [0.4, 0.5) is 0 Å². The van der Waals surface area contributed by atoms with Crippen LogP contribution >= 0.6 is 0 Å². The van der Waals surface area contributed by atoms with Gasteiger partial charge >= 0.3 is 0 Å². The molecule has 18 heavy (non-hydrogen) atoms. The number of carbonyl (C=O) groups excluding carboxylic acids is 2. The Kier molecular flexibility index (Phi) is 2.20. The fourth-order valence-corrected chi connectivity index (χ4v) is 2.52. The molecule has 1 aromatic heterocycles. The molecule has 0 saturated carbocycles. The number of aromatic nitrogens is 2. The highest BCUT2D eigenvalue weighted by Crippen LogP contribution is 2.30. The molecule has 0 aliphatic heterocycles. The number of carbonyl (C=O) groups is 2. The number of imidazole rings is 1. The molecule has 0 spiro atoms. The fraction of sp³-hybridized carbons (Fsp3) is 0.214.